The molecule has 5 aromatic rings. The van der Waals surface area contributed by atoms with Crippen LogP contribution in [0.3, 0.4) is 0 Å². The van der Waals surface area contributed by atoms with Gasteiger partial charge in [-0.05, 0) is 58.5 Å². The summed E-state index contributed by atoms with van der Waals surface area (Å²) in [5.41, 5.74) is 3.92. The molecule has 7 rings (SSSR count). The summed E-state index contributed by atoms with van der Waals surface area (Å²) in [6, 6.07) is 26.1. The van der Waals surface area contributed by atoms with E-state index in [1.165, 1.54) is 6.07 Å². The van der Waals surface area contributed by atoms with Crippen molar-refractivity contribution in [1.29, 1.82) is 0 Å². The molecule has 204 valence electrons. The van der Waals surface area contributed by atoms with E-state index in [0.29, 0.717) is 16.9 Å². The van der Waals surface area contributed by atoms with Crippen LogP contribution in [-0.2, 0) is 11.0 Å². The van der Waals surface area contributed by atoms with Gasteiger partial charge in [-0.3, -0.25) is 0 Å². The van der Waals surface area contributed by atoms with E-state index in [9.17, 15) is 4.39 Å². The van der Waals surface area contributed by atoms with Crippen molar-refractivity contribution in [2.45, 2.75) is 24.9 Å². The van der Waals surface area contributed by atoms with E-state index in [2.05, 4.69) is 12.2 Å². The quantitative estimate of drug-likeness (QED) is 0.225. The summed E-state index contributed by atoms with van der Waals surface area (Å²) in [5.74, 6) is 1.07. The second-order valence-electron chi connectivity index (χ2n) is 11.1. The van der Waals surface area contributed by atoms with Gasteiger partial charge in [-0.1, -0.05) is 68.5 Å². The SMILES string of the molecule is COc1ccc(C2(c3ccc(OC)cc3)C=Cc3c4c(c5ccccc5c3O2)-c2cc(F)cc(F)c2C4(C)C)cc1. The Balaban J connectivity index is 1.54. The summed E-state index contributed by atoms with van der Waals surface area (Å²) >= 11 is 0. The molecule has 0 bridgehead atoms. The monoisotopic (exact) mass is 546 g/mol. The van der Waals surface area contributed by atoms with Crippen molar-refractivity contribution < 1.29 is 23.0 Å². The topological polar surface area (TPSA) is 27.7 Å². The Labute approximate surface area is 237 Å². The zero-order valence-corrected chi connectivity index (χ0v) is 23.2. The van der Waals surface area contributed by atoms with Crippen molar-refractivity contribution in [3.05, 3.63) is 130 Å². The molecule has 1 heterocycles. The number of methoxy groups -OCH3 is 2. The maximum Gasteiger partial charge on any atom is 0.178 e. The predicted octanol–water partition coefficient (Wildman–Crippen LogP) is 8.79. The lowest BCUT2D eigenvalue weighted by Gasteiger charge is -2.38. The van der Waals surface area contributed by atoms with Crippen molar-refractivity contribution in [3.8, 4) is 28.4 Å². The van der Waals surface area contributed by atoms with E-state index < -0.39 is 22.7 Å². The van der Waals surface area contributed by atoms with Crippen LogP contribution in [0.25, 0.3) is 28.0 Å². The van der Waals surface area contributed by atoms with Crippen molar-refractivity contribution >= 4 is 16.8 Å². The number of ether oxygens (including phenoxy) is 3. The zero-order valence-electron chi connectivity index (χ0n) is 23.2. The number of hydrogen-bond acceptors (Lipinski definition) is 3. The van der Waals surface area contributed by atoms with Crippen molar-refractivity contribution in [1.82, 2.24) is 0 Å². The lowest BCUT2D eigenvalue weighted by molar-refractivity contribution is 0.163. The first-order chi connectivity index (χ1) is 19.8. The number of benzene rings is 5. The minimum atomic E-state index is -0.963. The highest BCUT2D eigenvalue weighted by Gasteiger charge is 2.45. The molecular formula is C36H28F2O3. The summed E-state index contributed by atoms with van der Waals surface area (Å²) in [6.07, 6.45) is 4.14. The lowest BCUT2D eigenvalue weighted by Crippen LogP contribution is -2.35. The average molecular weight is 547 g/mol. The van der Waals surface area contributed by atoms with E-state index in [1.807, 2.05) is 86.6 Å². The van der Waals surface area contributed by atoms with Crippen LogP contribution in [-0.4, -0.2) is 14.2 Å². The van der Waals surface area contributed by atoms with E-state index >= 15 is 4.39 Å². The molecule has 2 aliphatic rings. The Morgan fingerprint density at radius 1 is 0.707 bits per heavy atom. The van der Waals surface area contributed by atoms with Gasteiger partial charge in [0.25, 0.3) is 0 Å². The van der Waals surface area contributed by atoms with Gasteiger partial charge in [0.2, 0.25) is 0 Å². The van der Waals surface area contributed by atoms with Gasteiger partial charge < -0.3 is 14.2 Å². The van der Waals surface area contributed by atoms with Crippen LogP contribution in [0.4, 0.5) is 8.78 Å². The number of hydrogen-bond donors (Lipinski definition) is 0. The molecule has 0 amide bonds. The fourth-order valence-electron chi connectivity index (χ4n) is 6.71. The molecule has 0 fully saturated rings. The van der Waals surface area contributed by atoms with E-state index in [0.717, 1.165) is 56.2 Å². The molecule has 3 nitrogen and oxygen atoms in total. The van der Waals surface area contributed by atoms with Crippen molar-refractivity contribution in [3.63, 3.8) is 0 Å². The van der Waals surface area contributed by atoms with Crippen LogP contribution >= 0.6 is 0 Å². The largest absolute Gasteiger partial charge is 0.497 e. The predicted molar refractivity (Wildman–Crippen MR) is 158 cm³/mol. The van der Waals surface area contributed by atoms with Crippen LogP contribution in [0, 0.1) is 11.6 Å². The van der Waals surface area contributed by atoms with Crippen molar-refractivity contribution in [2.24, 2.45) is 0 Å². The number of rotatable bonds is 4. The first kappa shape index (κ1) is 25.3. The second kappa shape index (κ2) is 8.93. The Morgan fingerprint density at radius 2 is 1.29 bits per heavy atom. The Bertz CT molecular complexity index is 1820. The average Bonchev–Trinajstić information content (AvgIpc) is 3.23. The molecule has 0 spiro atoms. The third-order valence-corrected chi connectivity index (χ3v) is 8.56. The van der Waals surface area contributed by atoms with Crippen LogP contribution in [0.1, 0.15) is 41.7 Å². The van der Waals surface area contributed by atoms with Crippen LogP contribution < -0.4 is 14.2 Å². The highest BCUT2D eigenvalue weighted by Crippen LogP contribution is 2.58. The maximum absolute atomic E-state index is 15.4. The number of fused-ring (bicyclic) bond motifs is 8. The summed E-state index contributed by atoms with van der Waals surface area (Å²) in [7, 11) is 3.28. The standard InChI is InChI=1S/C36H28F2O3/c1-35(2)32-29(19-23(37)20-30(32)38)31-26-7-5-6-8-27(26)34-28(33(31)35)17-18-36(41-34,21-9-13-24(39-3)14-10-21)22-11-15-25(40-4)16-12-22/h5-20H,1-4H3. The van der Waals surface area contributed by atoms with Crippen LogP contribution in [0.5, 0.6) is 17.2 Å². The molecule has 41 heavy (non-hydrogen) atoms. The lowest BCUT2D eigenvalue weighted by atomic mass is 9.76. The molecule has 0 saturated carbocycles. The van der Waals surface area contributed by atoms with Gasteiger partial charge in [0, 0.05) is 39.1 Å². The van der Waals surface area contributed by atoms with Gasteiger partial charge in [-0.2, -0.15) is 0 Å². The second-order valence-corrected chi connectivity index (χ2v) is 11.1. The third-order valence-electron chi connectivity index (χ3n) is 8.56. The van der Waals surface area contributed by atoms with Crippen molar-refractivity contribution in [2.75, 3.05) is 14.2 Å². The molecule has 0 N–H and O–H groups in total. The molecule has 0 saturated heterocycles. The molecule has 0 aromatic heterocycles. The Hall–Kier alpha value is -4.64. The first-order valence-corrected chi connectivity index (χ1v) is 13.5. The molecule has 5 heteroatoms. The van der Waals surface area contributed by atoms with Gasteiger partial charge in [-0.15, -0.1) is 0 Å². The Morgan fingerprint density at radius 3 is 1.88 bits per heavy atom. The minimum absolute atomic E-state index is 0.503. The van der Waals surface area contributed by atoms with Gasteiger partial charge in [0.1, 0.15) is 28.9 Å². The number of halogens is 2. The Kier molecular flexibility index (Phi) is 5.52. The van der Waals surface area contributed by atoms with E-state index in [4.69, 9.17) is 14.2 Å². The fourth-order valence-corrected chi connectivity index (χ4v) is 6.71. The summed E-state index contributed by atoms with van der Waals surface area (Å²) in [6.45, 7) is 3.99. The van der Waals surface area contributed by atoms with E-state index in [1.54, 1.807) is 14.2 Å². The summed E-state index contributed by atoms with van der Waals surface area (Å²) in [4.78, 5) is 0. The normalized spacial score (nSPS) is 15.6. The fraction of sp³-hybridized carbons (Fsp3) is 0.167. The van der Waals surface area contributed by atoms with Crippen LogP contribution in [0.2, 0.25) is 0 Å². The maximum atomic E-state index is 15.4. The van der Waals surface area contributed by atoms with Gasteiger partial charge in [-0.25, -0.2) is 8.78 Å². The third kappa shape index (κ3) is 3.54. The molecule has 1 aliphatic carbocycles. The first-order valence-electron chi connectivity index (χ1n) is 13.5. The molecule has 0 atom stereocenters. The smallest absolute Gasteiger partial charge is 0.178 e. The molecule has 5 aromatic carbocycles. The highest BCUT2D eigenvalue weighted by atomic mass is 19.1. The summed E-state index contributed by atoms with van der Waals surface area (Å²) in [5, 5.41) is 1.78. The van der Waals surface area contributed by atoms with Gasteiger partial charge >= 0.3 is 0 Å². The van der Waals surface area contributed by atoms with Gasteiger partial charge in [0.05, 0.1) is 14.2 Å². The highest BCUT2D eigenvalue weighted by molar-refractivity contribution is 6.08. The molecule has 0 unspecified atom stereocenters. The zero-order chi connectivity index (χ0) is 28.5. The van der Waals surface area contributed by atoms with Gasteiger partial charge in [0.15, 0.2) is 5.60 Å². The minimum Gasteiger partial charge on any atom is -0.497 e. The molecule has 1 aliphatic heterocycles. The summed E-state index contributed by atoms with van der Waals surface area (Å²) < 4.78 is 48.1. The van der Waals surface area contributed by atoms with E-state index in [-0.39, 0.29) is 0 Å². The molecular weight excluding hydrogens is 518 g/mol. The van der Waals surface area contributed by atoms with Crippen LogP contribution in [0.15, 0.2) is 91.0 Å². The molecule has 0 radical (unpaired) electrons.